The molecule has 0 saturated carbocycles. The molecule has 1 amide bonds. The van der Waals surface area contributed by atoms with Gasteiger partial charge >= 0.3 is 0 Å². The third kappa shape index (κ3) is 3.53. The van der Waals surface area contributed by atoms with Gasteiger partial charge in [-0.3, -0.25) is 14.6 Å². The summed E-state index contributed by atoms with van der Waals surface area (Å²) in [4.78, 5) is 22.5. The SMILES string of the molecule is CCNN(CC)C(=O)c1ccccc1/C=C/[C]=O. The van der Waals surface area contributed by atoms with Gasteiger partial charge in [0.05, 0.1) is 0 Å². The largest absolute Gasteiger partial charge is 0.286 e. The van der Waals surface area contributed by atoms with E-state index in [0.29, 0.717) is 24.2 Å². The van der Waals surface area contributed by atoms with Crippen molar-refractivity contribution in [3.8, 4) is 0 Å². The molecule has 1 radical (unpaired) electrons. The second kappa shape index (κ2) is 7.40. The number of benzene rings is 1. The molecule has 0 aliphatic heterocycles. The van der Waals surface area contributed by atoms with Crippen LogP contribution in [0.1, 0.15) is 29.8 Å². The molecule has 0 heterocycles. The van der Waals surface area contributed by atoms with Gasteiger partial charge in [-0.25, -0.2) is 5.43 Å². The highest BCUT2D eigenvalue weighted by atomic mass is 16.2. The summed E-state index contributed by atoms with van der Waals surface area (Å²) in [5.74, 6) is -0.106. The van der Waals surface area contributed by atoms with Gasteiger partial charge in [-0.2, -0.15) is 0 Å². The van der Waals surface area contributed by atoms with Crippen LogP contribution in [-0.2, 0) is 4.79 Å². The fourth-order valence-electron chi connectivity index (χ4n) is 1.62. The quantitative estimate of drug-likeness (QED) is 0.614. The Bertz CT molecular complexity index is 441. The summed E-state index contributed by atoms with van der Waals surface area (Å²) < 4.78 is 0. The first kappa shape index (κ1) is 14.1. The Labute approximate surface area is 107 Å². The number of nitrogens with zero attached hydrogens (tertiary/aromatic N) is 1. The highest BCUT2D eigenvalue weighted by Gasteiger charge is 2.15. The Kier molecular flexibility index (Phi) is 5.80. The third-order valence-electron chi connectivity index (χ3n) is 2.43. The van der Waals surface area contributed by atoms with E-state index in [1.165, 1.54) is 6.08 Å². The van der Waals surface area contributed by atoms with Crippen LogP contribution in [0.15, 0.2) is 30.3 Å². The zero-order valence-electron chi connectivity index (χ0n) is 10.6. The van der Waals surface area contributed by atoms with Crippen molar-refractivity contribution in [2.24, 2.45) is 0 Å². The minimum absolute atomic E-state index is 0.106. The van der Waals surface area contributed by atoms with Crippen LogP contribution in [0.5, 0.6) is 0 Å². The van der Waals surface area contributed by atoms with E-state index in [1.54, 1.807) is 35.6 Å². The maximum atomic E-state index is 12.3. The molecule has 0 aromatic heterocycles. The van der Waals surface area contributed by atoms with Crippen LogP contribution in [-0.4, -0.2) is 30.3 Å². The fourth-order valence-corrected chi connectivity index (χ4v) is 1.62. The summed E-state index contributed by atoms with van der Waals surface area (Å²) in [6.45, 7) is 5.09. The molecular formula is C14H17N2O2. The van der Waals surface area contributed by atoms with E-state index >= 15 is 0 Å². The molecule has 0 fully saturated rings. The molecule has 0 atom stereocenters. The van der Waals surface area contributed by atoms with Gasteiger partial charge in [0.2, 0.25) is 6.29 Å². The molecule has 0 unspecified atom stereocenters. The number of hydrazine groups is 1. The smallest absolute Gasteiger partial charge is 0.268 e. The Hall–Kier alpha value is -1.94. The average molecular weight is 245 g/mol. The predicted octanol–water partition coefficient (Wildman–Crippen LogP) is 1.80. The lowest BCUT2D eigenvalue weighted by Crippen LogP contribution is -2.42. The lowest BCUT2D eigenvalue weighted by atomic mass is 10.1. The number of carbonyl (C=O) groups is 1. The van der Waals surface area contributed by atoms with Crippen LogP contribution < -0.4 is 5.43 Å². The second-order valence-corrected chi connectivity index (χ2v) is 3.60. The number of carbonyl (C=O) groups excluding carboxylic acids is 2. The van der Waals surface area contributed by atoms with Gasteiger partial charge in [-0.1, -0.05) is 31.2 Å². The second-order valence-electron chi connectivity index (χ2n) is 3.60. The van der Waals surface area contributed by atoms with Crippen LogP contribution in [0.2, 0.25) is 0 Å². The molecule has 4 nitrogen and oxygen atoms in total. The van der Waals surface area contributed by atoms with Crippen LogP contribution in [0.3, 0.4) is 0 Å². The first-order chi connectivity index (χ1) is 8.74. The molecule has 1 aromatic rings. The molecule has 0 aliphatic rings. The number of rotatable bonds is 6. The molecular weight excluding hydrogens is 228 g/mol. The van der Waals surface area contributed by atoms with Gasteiger partial charge in [-0.05, 0) is 24.6 Å². The van der Waals surface area contributed by atoms with Crippen molar-refractivity contribution in [2.45, 2.75) is 13.8 Å². The highest BCUT2D eigenvalue weighted by molar-refractivity contribution is 5.98. The molecule has 4 heteroatoms. The van der Waals surface area contributed by atoms with Crippen molar-refractivity contribution in [1.82, 2.24) is 10.4 Å². The summed E-state index contributed by atoms with van der Waals surface area (Å²) in [5, 5.41) is 1.55. The van der Waals surface area contributed by atoms with Gasteiger partial charge in [-0.15, -0.1) is 0 Å². The van der Waals surface area contributed by atoms with Crippen LogP contribution >= 0.6 is 0 Å². The monoisotopic (exact) mass is 245 g/mol. The standard InChI is InChI=1S/C14H17N2O2/c1-3-15-16(4-2)14(18)13-10-6-5-8-12(13)9-7-11-17/h5-10,15H,3-4H2,1-2H3/b9-7+. The Morgan fingerprint density at radius 3 is 2.72 bits per heavy atom. The fraction of sp³-hybridized carbons (Fsp3) is 0.286. The lowest BCUT2D eigenvalue weighted by molar-refractivity contribution is 0.0676. The Morgan fingerprint density at radius 1 is 1.39 bits per heavy atom. The summed E-state index contributed by atoms with van der Waals surface area (Å²) in [6, 6.07) is 7.16. The first-order valence-corrected chi connectivity index (χ1v) is 5.93. The first-order valence-electron chi connectivity index (χ1n) is 5.93. The van der Waals surface area contributed by atoms with Gasteiger partial charge in [0.25, 0.3) is 5.91 Å². The van der Waals surface area contributed by atoms with E-state index in [2.05, 4.69) is 5.43 Å². The zero-order chi connectivity index (χ0) is 13.4. The van der Waals surface area contributed by atoms with Gasteiger partial charge in [0, 0.05) is 18.7 Å². The van der Waals surface area contributed by atoms with E-state index in [0.717, 1.165) is 0 Å². The summed E-state index contributed by atoms with van der Waals surface area (Å²) >= 11 is 0. The summed E-state index contributed by atoms with van der Waals surface area (Å²) in [6.07, 6.45) is 4.52. The van der Waals surface area contributed by atoms with E-state index in [9.17, 15) is 9.59 Å². The number of amides is 1. The number of nitrogens with one attached hydrogen (secondary N) is 1. The molecule has 1 N–H and O–H groups in total. The topological polar surface area (TPSA) is 49.4 Å². The van der Waals surface area contributed by atoms with Crippen molar-refractivity contribution >= 4 is 18.3 Å². The molecule has 95 valence electrons. The van der Waals surface area contributed by atoms with Gasteiger partial charge in [0.15, 0.2) is 0 Å². The summed E-state index contributed by atoms with van der Waals surface area (Å²) in [5.41, 5.74) is 4.27. The van der Waals surface area contributed by atoms with Crippen LogP contribution in [0, 0.1) is 0 Å². The van der Waals surface area contributed by atoms with Crippen molar-refractivity contribution in [1.29, 1.82) is 0 Å². The lowest BCUT2D eigenvalue weighted by Gasteiger charge is -2.21. The predicted molar refractivity (Wildman–Crippen MR) is 71.6 cm³/mol. The third-order valence-corrected chi connectivity index (χ3v) is 2.43. The molecule has 1 rings (SSSR count). The minimum atomic E-state index is -0.106. The highest BCUT2D eigenvalue weighted by Crippen LogP contribution is 2.12. The average Bonchev–Trinajstić information content (AvgIpc) is 2.42. The number of hydrogen-bond donors (Lipinski definition) is 1. The van der Waals surface area contributed by atoms with Gasteiger partial charge < -0.3 is 0 Å². The minimum Gasteiger partial charge on any atom is -0.286 e. The van der Waals surface area contributed by atoms with Crippen LogP contribution in [0.25, 0.3) is 6.08 Å². The van der Waals surface area contributed by atoms with Crippen molar-refractivity contribution in [2.75, 3.05) is 13.1 Å². The van der Waals surface area contributed by atoms with Crippen molar-refractivity contribution in [3.05, 3.63) is 41.5 Å². The van der Waals surface area contributed by atoms with E-state index in [-0.39, 0.29) is 5.91 Å². The normalized spacial score (nSPS) is 10.6. The maximum Gasteiger partial charge on any atom is 0.268 e. The molecule has 18 heavy (non-hydrogen) atoms. The van der Waals surface area contributed by atoms with E-state index in [1.807, 2.05) is 19.9 Å². The number of allylic oxidation sites excluding steroid dienone is 1. The summed E-state index contributed by atoms with van der Waals surface area (Å²) in [7, 11) is 0. The van der Waals surface area contributed by atoms with E-state index < -0.39 is 0 Å². The number of hydrogen-bond acceptors (Lipinski definition) is 3. The molecule has 0 saturated heterocycles. The van der Waals surface area contributed by atoms with Crippen molar-refractivity contribution in [3.63, 3.8) is 0 Å². The zero-order valence-corrected chi connectivity index (χ0v) is 10.6. The Morgan fingerprint density at radius 2 is 2.11 bits per heavy atom. The van der Waals surface area contributed by atoms with Crippen molar-refractivity contribution < 1.29 is 9.59 Å². The molecule has 0 spiro atoms. The molecule has 0 bridgehead atoms. The van der Waals surface area contributed by atoms with E-state index in [4.69, 9.17) is 0 Å². The maximum absolute atomic E-state index is 12.3. The Balaban J connectivity index is 3.03. The molecule has 1 aromatic carbocycles. The van der Waals surface area contributed by atoms with Crippen LogP contribution in [0.4, 0.5) is 0 Å². The van der Waals surface area contributed by atoms with Gasteiger partial charge in [0.1, 0.15) is 0 Å². The molecule has 0 aliphatic carbocycles.